The van der Waals surface area contributed by atoms with Gasteiger partial charge in [0.05, 0.1) is 11.8 Å². The molecule has 0 radical (unpaired) electrons. The Balaban J connectivity index is 1.64. The largest absolute Gasteiger partial charge is 0.271 e. The van der Waals surface area contributed by atoms with E-state index in [0.29, 0.717) is 10.9 Å². The van der Waals surface area contributed by atoms with Crippen LogP contribution in [-0.2, 0) is 6.54 Å². The monoisotopic (exact) mass is 431 g/mol. The van der Waals surface area contributed by atoms with Gasteiger partial charge in [0.25, 0.3) is 0 Å². The van der Waals surface area contributed by atoms with Crippen molar-refractivity contribution in [1.82, 2.24) is 24.4 Å². The molecule has 0 bridgehead atoms. The summed E-state index contributed by atoms with van der Waals surface area (Å²) in [6.45, 7) is 7.24. The molecule has 1 atom stereocenters. The molecule has 3 heterocycles. The number of benzene rings is 1. The molecule has 4 aromatic rings. The van der Waals surface area contributed by atoms with Gasteiger partial charge in [0.2, 0.25) is 0 Å². The predicted molar refractivity (Wildman–Crippen MR) is 126 cm³/mol. The number of fused-ring (bicyclic) bond motifs is 1. The van der Waals surface area contributed by atoms with Crippen molar-refractivity contribution in [3.05, 3.63) is 66.2 Å². The SMILES string of the molecule is C=Cc1ccc(Cl)cc1-c1nn(CC(C)C2CCCC2)cc1-c1cnn2cccnc12. The second-order valence-electron chi connectivity index (χ2n) is 8.52. The van der Waals surface area contributed by atoms with Gasteiger partial charge in [-0.15, -0.1) is 0 Å². The van der Waals surface area contributed by atoms with E-state index in [9.17, 15) is 0 Å². The van der Waals surface area contributed by atoms with Crippen molar-refractivity contribution in [3.63, 3.8) is 0 Å². The van der Waals surface area contributed by atoms with Crippen molar-refractivity contribution < 1.29 is 0 Å². The molecule has 1 aliphatic rings. The highest BCUT2D eigenvalue weighted by atomic mass is 35.5. The number of halogens is 1. The third kappa shape index (κ3) is 3.79. The quantitative estimate of drug-likeness (QED) is 0.355. The van der Waals surface area contributed by atoms with Crippen LogP contribution in [-0.4, -0.2) is 24.4 Å². The van der Waals surface area contributed by atoms with E-state index in [-0.39, 0.29) is 0 Å². The van der Waals surface area contributed by atoms with Crippen LogP contribution in [0.15, 0.2) is 55.6 Å². The van der Waals surface area contributed by atoms with Crippen LogP contribution in [0, 0.1) is 11.8 Å². The maximum atomic E-state index is 6.38. The first-order valence-electron chi connectivity index (χ1n) is 10.9. The van der Waals surface area contributed by atoms with Crippen molar-refractivity contribution >= 4 is 23.3 Å². The topological polar surface area (TPSA) is 48.0 Å². The van der Waals surface area contributed by atoms with E-state index in [0.717, 1.165) is 46.1 Å². The molecule has 0 amide bonds. The van der Waals surface area contributed by atoms with Gasteiger partial charge in [-0.3, -0.25) is 4.68 Å². The molecule has 5 rings (SSSR count). The van der Waals surface area contributed by atoms with Crippen LogP contribution >= 0.6 is 11.6 Å². The summed E-state index contributed by atoms with van der Waals surface area (Å²) in [4.78, 5) is 4.56. The van der Waals surface area contributed by atoms with Crippen LogP contribution in [0.4, 0.5) is 0 Å². The van der Waals surface area contributed by atoms with Crippen molar-refractivity contribution in [3.8, 4) is 22.4 Å². The summed E-state index contributed by atoms with van der Waals surface area (Å²) in [6, 6.07) is 7.72. The van der Waals surface area contributed by atoms with E-state index in [1.165, 1.54) is 25.7 Å². The highest BCUT2D eigenvalue weighted by Gasteiger charge is 2.24. The molecule has 1 aromatic carbocycles. The van der Waals surface area contributed by atoms with Crippen molar-refractivity contribution in [2.45, 2.75) is 39.2 Å². The van der Waals surface area contributed by atoms with E-state index in [4.69, 9.17) is 16.7 Å². The predicted octanol–water partition coefficient (Wildman–Crippen LogP) is 6.38. The molecule has 6 heteroatoms. The van der Waals surface area contributed by atoms with Gasteiger partial charge in [-0.1, -0.05) is 62.9 Å². The minimum atomic E-state index is 0.586. The van der Waals surface area contributed by atoms with Gasteiger partial charge in [-0.2, -0.15) is 10.2 Å². The number of hydrogen-bond acceptors (Lipinski definition) is 3. The summed E-state index contributed by atoms with van der Waals surface area (Å²) in [5.74, 6) is 1.37. The number of hydrogen-bond donors (Lipinski definition) is 0. The standard InChI is InChI=1S/C25H26ClN5/c1-3-18-9-10-20(26)13-21(18)24-23(22-14-28-31-12-6-11-27-25(22)31)16-30(29-24)15-17(2)19-7-4-5-8-19/h3,6,9-14,16-17,19H,1,4-5,7-8,15H2,2H3. The van der Waals surface area contributed by atoms with Crippen LogP contribution in [0.3, 0.4) is 0 Å². The van der Waals surface area contributed by atoms with Gasteiger partial charge in [-0.25, -0.2) is 9.50 Å². The molecule has 0 spiro atoms. The minimum absolute atomic E-state index is 0.586. The summed E-state index contributed by atoms with van der Waals surface area (Å²) in [7, 11) is 0. The smallest absolute Gasteiger partial charge is 0.162 e. The Bertz CT molecular complexity index is 1230. The third-order valence-corrected chi connectivity index (χ3v) is 6.74. The zero-order valence-corrected chi connectivity index (χ0v) is 18.5. The van der Waals surface area contributed by atoms with Gasteiger partial charge in [-0.05, 0) is 35.6 Å². The lowest BCUT2D eigenvalue weighted by atomic mass is 9.93. The highest BCUT2D eigenvalue weighted by Crippen LogP contribution is 2.37. The van der Waals surface area contributed by atoms with Crippen LogP contribution in [0.2, 0.25) is 5.02 Å². The summed E-state index contributed by atoms with van der Waals surface area (Å²) < 4.78 is 3.89. The van der Waals surface area contributed by atoms with Crippen molar-refractivity contribution in [1.29, 1.82) is 0 Å². The summed E-state index contributed by atoms with van der Waals surface area (Å²) in [5.41, 5.74) is 5.65. The fourth-order valence-corrected chi connectivity index (χ4v) is 4.98. The molecule has 0 saturated heterocycles. The Morgan fingerprint density at radius 2 is 2.06 bits per heavy atom. The van der Waals surface area contributed by atoms with Gasteiger partial charge in [0.15, 0.2) is 5.65 Å². The molecule has 158 valence electrons. The summed E-state index contributed by atoms with van der Waals surface area (Å²) >= 11 is 6.38. The Hall–Kier alpha value is -2.92. The Morgan fingerprint density at radius 1 is 1.23 bits per heavy atom. The fraction of sp³-hybridized carbons (Fsp3) is 0.320. The summed E-state index contributed by atoms with van der Waals surface area (Å²) in [5, 5.41) is 10.2. The molecular weight excluding hydrogens is 406 g/mol. The van der Waals surface area contributed by atoms with Gasteiger partial charge in [0.1, 0.15) is 5.69 Å². The molecular formula is C25H26ClN5. The van der Waals surface area contributed by atoms with E-state index in [1.54, 1.807) is 10.7 Å². The molecule has 1 fully saturated rings. The highest BCUT2D eigenvalue weighted by molar-refractivity contribution is 6.31. The first-order chi connectivity index (χ1) is 15.1. The molecule has 5 nitrogen and oxygen atoms in total. The Kier molecular flexibility index (Phi) is 5.36. The third-order valence-electron chi connectivity index (χ3n) is 6.50. The first-order valence-corrected chi connectivity index (χ1v) is 11.3. The fourth-order valence-electron chi connectivity index (χ4n) is 4.81. The van der Waals surface area contributed by atoms with Crippen LogP contribution in [0.5, 0.6) is 0 Å². The molecule has 0 aliphatic heterocycles. The number of nitrogens with zero attached hydrogens (tertiary/aromatic N) is 5. The lowest BCUT2D eigenvalue weighted by molar-refractivity contribution is 0.312. The number of aromatic nitrogens is 5. The average molecular weight is 432 g/mol. The van der Waals surface area contributed by atoms with Crippen LogP contribution < -0.4 is 0 Å². The Morgan fingerprint density at radius 3 is 2.87 bits per heavy atom. The maximum absolute atomic E-state index is 6.38. The van der Waals surface area contributed by atoms with Gasteiger partial charge >= 0.3 is 0 Å². The maximum Gasteiger partial charge on any atom is 0.162 e. The van der Waals surface area contributed by atoms with E-state index < -0.39 is 0 Å². The molecule has 1 saturated carbocycles. The van der Waals surface area contributed by atoms with Crippen LogP contribution in [0.25, 0.3) is 34.1 Å². The van der Waals surface area contributed by atoms with Crippen molar-refractivity contribution in [2.75, 3.05) is 0 Å². The molecule has 31 heavy (non-hydrogen) atoms. The van der Waals surface area contributed by atoms with E-state index >= 15 is 0 Å². The molecule has 0 N–H and O–H groups in total. The van der Waals surface area contributed by atoms with Crippen molar-refractivity contribution in [2.24, 2.45) is 11.8 Å². The molecule has 3 aromatic heterocycles. The first kappa shape index (κ1) is 20.0. The normalized spacial score (nSPS) is 15.5. The van der Waals surface area contributed by atoms with Gasteiger partial charge in [0, 0.05) is 41.3 Å². The Labute approximate surface area is 187 Å². The minimum Gasteiger partial charge on any atom is -0.271 e. The van der Waals surface area contributed by atoms with Crippen LogP contribution in [0.1, 0.15) is 38.2 Å². The molecule has 1 aliphatic carbocycles. The van der Waals surface area contributed by atoms with Gasteiger partial charge < -0.3 is 0 Å². The lowest BCUT2D eigenvalue weighted by Gasteiger charge is -2.18. The second kappa shape index (κ2) is 8.31. The van der Waals surface area contributed by atoms with E-state index in [1.807, 2.05) is 42.7 Å². The van der Waals surface area contributed by atoms with E-state index in [2.05, 4.69) is 34.5 Å². The zero-order valence-electron chi connectivity index (χ0n) is 17.7. The molecule has 1 unspecified atom stereocenters. The zero-order chi connectivity index (χ0) is 21.4. The lowest BCUT2D eigenvalue weighted by Crippen LogP contribution is -2.15. The second-order valence-corrected chi connectivity index (χ2v) is 8.95. The summed E-state index contributed by atoms with van der Waals surface area (Å²) in [6.07, 6.45) is 14.9. The average Bonchev–Trinajstić information content (AvgIpc) is 3.53. The number of rotatable bonds is 6.